The smallest absolute Gasteiger partial charge is 0.252 e. The predicted octanol–water partition coefficient (Wildman–Crippen LogP) is 1.48. The maximum Gasteiger partial charge on any atom is 0.252 e. The molecular weight excluding hydrogens is 264 g/mol. The predicted molar refractivity (Wildman–Crippen MR) is 75.0 cm³/mol. The molecule has 0 bridgehead atoms. The van der Waals surface area contributed by atoms with Gasteiger partial charge in [-0.15, -0.1) is 5.10 Å². The van der Waals surface area contributed by atoms with Gasteiger partial charge in [-0.25, -0.2) is 19.7 Å². The summed E-state index contributed by atoms with van der Waals surface area (Å²) in [7, 11) is 0. The van der Waals surface area contributed by atoms with Crippen LogP contribution in [0.2, 0.25) is 0 Å². The standard InChI is InChI=1S/C13H19F2N5/c1-7-3-8(2)11(16)4-10(7)12(17)19-20(18)9-5-13(14,15)6-9/h3-4,9H,5-6,16,18H2,1-2H3,(H2,17,19). The Morgan fingerprint density at radius 3 is 2.45 bits per heavy atom. The van der Waals surface area contributed by atoms with Gasteiger partial charge in [0.25, 0.3) is 5.92 Å². The van der Waals surface area contributed by atoms with Gasteiger partial charge in [-0.05, 0) is 31.0 Å². The molecule has 1 saturated carbocycles. The van der Waals surface area contributed by atoms with E-state index < -0.39 is 12.0 Å². The van der Waals surface area contributed by atoms with Gasteiger partial charge in [0.05, 0.1) is 6.04 Å². The lowest BCUT2D eigenvalue weighted by Gasteiger charge is -2.38. The van der Waals surface area contributed by atoms with Crippen LogP contribution < -0.4 is 17.3 Å². The number of nitrogens with zero attached hydrogens (tertiary/aromatic N) is 2. The molecule has 1 aromatic carbocycles. The van der Waals surface area contributed by atoms with E-state index in [0.717, 1.165) is 16.2 Å². The Balaban J connectivity index is 2.17. The Labute approximate surface area is 116 Å². The van der Waals surface area contributed by atoms with Crippen LogP contribution in [0.25, 0.3) is 0 Å². The number of hydrazine groups is 1. The van der Waals surface area contributed by atoms with Gasteiger partial charge >= 0.3 is 0 Å². The number of halogens is 2. The van der Waals surface area contributed by atoms with Gasteiger partial charge in [0.1, 0.15) is 0 Å². The second kappa shape index (κ2) is 4.90. The van der Waals surface area contributed by atoms with Gasteiger partial charge < -0.3 is 11.5 Å². The summed E-state index contributed by atoms with van der Waals surface area (Å²) in [5, 5.41) is 5.00. The van der Waals surface area contributed by atoms with Crippen LogP contribution in [0, 0.1) is 13.8 Å². The van der Waals surface area contributed by atoms with Crippen LogP contribution in [0.1, 0.15) is 29.5 Å². The molecule has 6 N–H and O–H groups in total. The molecule has 0 heterocycles. The lowest BCUT2D eigenvalue weighted by Crippen LogP contribution is -2.52. The van der Waals surface area contributed by atoms with Crippen molar-refractivity contribution in [3.05, 3.63) is 28.8 Å². The summed E-state index contributed by atoms with van der Waals surface area (Å²) in [4.78, 5) is 0. The fourth-order valence-electron chi connectivity index (χ4n) is 2.22. The van der Waals surface area contributed by atoms with Crippen molar-refractivity contribution in [2.75, 3.05) is 5.73 Å². The van der Waals surface area contributed by atoms with Gasteiger partial charge in [0, 0.05) is 24.1 Å². The fraction of sp³-hybridized carbons (Fsp3) is 0.462. The Hall–Kier alpha value is -1.89. The van der Waals surface area contributed by atoms with Crippen LogP contribution in [0.4, 0.5) is 14.5 Å². The Morgan fingerprint density at radius 1 is 1.30 bits per heavy atom. The Bertz CT molecular complexity index is 548. The minimum Gasteiger partial charge on any atom is -0.398 e. The summed E-state index contributed by atoms with van der Waals surface area (Å²) in [5.41, 5.74) is 14.8. The summed E-state index contributed by atoms with van der Waals surface area (Å²) in [6.07, 6.45) is -0.593. The molecule has 0 atom stereocenters. The van der Waals surface area contributed by atoms with E-state index in [1.54, 1.807) is 6.07 Å². The first kappa shape index (κ1) is 14.5. The van der Waals surface area contributed by atoms with E-state index in [9.17, 15) is 8.78 Å². The third-order valence-electron chi connectivity index (χ3n) is 3.55. The van der Waals surface area contributed by atoms with Crippen molar-refractivity contribution < 1.29 is 8.78 Å². The lowest BCUT2D eigenvalue weighted by molar-refractivity contribution is -0.124. The number of benzene rings is 1. The number of aryl methyl sites for hydroxylation is 2. The third-order valence-corrected chi connectivity index (χ3v) is 3.55. The molecular formula is C13H19F2N5. The molecule has 0 radical (unpaired) electrons. The summed E-state index contributed by atoms with van der Waals surface area (Å²) in [6, 6.07) is 3.13. The third kappa shape index (κ3) is 2.82. The van der Waals surface area contributed by atoms with E-state index in [1.807, 2.05) is 19.9 Å². The number of rotatable bonds is 3. The van der Waals surface area contributed by atoms with Crippen molar-refractivity contribution in [1.29, 1.82) is 0 Å². The zero-order chi connectivity index (χ0) is 15.1. The van der Waals surface area contributed by atoms with Crippen molar-refractivity contribution in [3.8, 4) is 0 Å². The first-order chi connectivity index (χ1) is 9.19. The van der Waals surface area contributed by atoms with Gasteiger partial charge in [-0.2, -0.15) is 0 Å². The maximum absolute atomic E-state index is 12.8. The van der Waals surface area contributed by atoms with E-state index in [2.05, 4.69) is 5.10 Å². The van der Waals surface area contributed by atoms with Crippen molar-refractivity contribution >= 4 is 11.5 Å². The SMILES string of the molecule is Cc1cc(C)c(/C(N)=N/N(N)C2CC(F)(F)C2)cc1N. The van der Waals surface area contributed by atoms with E-state index in [-0.39, 0.29) is 18.7 Å². The van der Waals surface area contributed by atoms with Crippen molar-refractivity contribution in [2.24, 2.45) is 16.7 Å². The zero-order valence-corrected chi connectivity index (χ0v) is 11.5. The highest BCUT2D eigenvalue weighted by Gasteiger charge is 2.47. The van der Waals surface area contributed by atoms with Crippen molar-refractivity contribution in [3.63, 3.8) is 0 Å². The van der Waals surface area contributed by atoms with Gasteiger partial charge in [-0.3, -0.25) is 0 Å². The van der Waals surface area contributed by atoms with Crippen LogP contribution in [-0.4, -0.2) is 22.9 Å². The molecule has 20 heavy (non-hydrogen) atoms. The Kier molecular flexibility index (Phi) is 3.56. The number of nitrogens with two attached hydrogens (primary N) is 3. The molecule has 0 saturated heterocycles. The molecule has 1 aromatic rings. The summed E-state index contributed by atoms with van der Waals surface area (Å²) < 4.78 is 25.6. The molecule has 110 valence electrons. The summed E-state index contributed by atoms with van der Waals surface area (Å²) in [6.45, 7) is 3.77. The number of hydrazone groups is 1. The van der Waals surface area contributed by atoms with E-state index in [1.165, 1.54) is 0 Å². The lowest BCUT2D eigenvalue weighted by atomic mass is 9.88. The molecule has 0 aliphatic heterocycles. The number of alkyl halides is 2. The van der Waals surface area contributed by atoms with Crippen molar-refractivity contribution in [1.82, 2.24) is 5.12 Å². The van der Waals surface area contributed by atoms with Crippen LogP contribution in [-0.2, 0) is 0 Å². The molecule has 0 amide bonds. The van der Waals surface area contributed by atoms with Crippen LogP contribution >= 0.6 is 0 Å². The molecule has 7 heteroatoms. The molecule has 2 rings (SSSR count). The molecule has 5 nitrogen and oxygen atoms in total. The fourth-order valence-corrected chi connectivity index (χ4v) is 2.22. The second-order valence-electron chi connectivity index (χ2n) is 5.31. The highest BCUT2D eigenvalue weighted by Crippen LogP contribution is 2.39. The van der Waals surface area contributed by atoms with Gasteiger partial charge in [0.15, 0.2) is 5.84 Å². The summed E-state index contributed by atoms with van der Waals surface area (Å²) in [5.74, 6) is 3.19. The van der Waals surface area contributed by atoms with Crippen LogP contribution in [0.15, 0.2) is 17.2 Å². The molecule has 1 aliphatic carbocycles. The van der Waals surface area contributed by atoms with E-state index >= 15 is 0 Å². The van der Waals surface area contributed by atoms with Gasteiger partial charge in [0.2, 0.25) is 0 Å². The normalized spacial score (nSPS) is 18.8. The Morgan fingerprint density at radius 2 is 1.90 bits per heavy atom. The zero-order valence-electron chi connectivity index (χ0n) is 11.5. The minimum atomic E-state index is -2.64. The first-order valence-electron chi connectivity index (χ1n) is 6.32. The first-order valence-corrected chi connectivity index (χ1v) is 6.32. The largest absolute Gasteiger partial charge is 0.398 e. The van der Waals surface area contributed by atoms with Gasteiger partial charge in [-0.1, -0.05) is 6.07 Å². The van der Waals surface area contributed by atoms with Crippen molar-refractivity contribution in [2.45, 2.75) is 38.7 Å². The molecule has 1 aliphatic rings. The number of anilines is 1. The van der Waals surface area contributed by atoms with E-state index in [4.69, 9.17) is 17.3 Å². The quantitative estimate of drug-likeness (QED) is 0.257. The van der Waals surface area contributed by atoms with E-state index in [0.29, 0.717) is 11.3 Å². The number of nitrogen functional groups attached to an aromatic ring is 1. The molecule has 0 unspecified atom stereocenters. The number of hydrogen-bond donors (Lipinski definition) is 3. The summed E-state index contributed by atoms with van der Waals surface area (Å²) >= 11 is 0. The average molecular weight is 283 g/mol. The topological polar surface area (TPSA) is 93.7 Å². The number of amidine groups is 1. The van der Waals surface area contributed by atoms with Crippen LogP contribution in [0.3, 0.4) is 0 Å². The second-order valence-corrected chi connectivity index (χ2v) is 5.31. The average Bonchev–Trinajstić information content (AvgIpc) is 2.30. The monoisotopic (exact) mass is 283 g/mol. The maximum atomic E-state index is 12.8. The van der Waals surface area contributed by atoms with Crippen LogP contribution in [0.5, 0.6) is 0 Å². The minimum absolute atomic E-state index is 0.173. The highest BCUT2D eigenvalue weighted by molar-refractivity contribution is 5.99. The molecule has 1 fully saturated rings. The number of hydrogen-bond acceptors (Lipinski definition) is 4. The molecule has 0 aromatic heterocycles. The molecule has 0 spiro atoms. The highest BCUT2D eigenvalue weighted by atomic mass is 19.3.